The van der Waals surface area contributed by atoms with Gasteiger partial charge in [-0.1, -0.05) is 0 Å². The van der Waals surface area contributed by atoms with Crippen molar-refractivity contribution in [3.8, 4) is 0 Å². The number of carbonyl (C=O) groups is 1. The van der Waals surface area contributed by atoms with Gasteiger partial charge in [-0.25, -0.2) is 0 Å². The number of hydrogen-bond acceptors (Lipinski definition) is 5. The molecule has 1 aliphatic heterocycles. The fraction of sp³-hybridized carbons (Fsp3) is 0.923. The number of ether oxygens (including phenoxy) is 2. The van der Waals surface area contributed by atoms with Gasteiger partial charge >= 0.3 is 5.97 Å². The number of esters is 1. The van der Waals surface area contributed by atoms with Crippen molar-refractivity contribution < 1.29 is 14.3 Å². The molecule has 0 aromatic carbocycles. The number of morpholine rings is 1. The quantitative estimate of drug-likeness (QED) is 0.738. The molecule has 106 valence electrons. The summed E-state index contributed by atoms with van der Waals surface area (Å²) in [7, 11) is 0. The standard InChI is InChI=1S/C13H26N2O3/c1-5-17-11(16)13(4,14)6-7-15-8-9-18-12(2,3)10-15/h5-10,14H2,1-4H3. The van der Waals surface area contributed by atoms with Gasteiger partial charge in [0.05, 0.1) is 18.8 Å². The maximum Gasteiger partial charge on any atom is 0.325 e. The molecule has 0 saturated carbocycles. The van der Waals surface area contributed by atoms with Crippen LogP contribution in [0.4, 0.5) is 0 Å². The van der Waals surface area contributed by atoms with Crippen LogP contribution in [0.15, 0.2) is 0 Å². The van der Waals surface area contributed by atoms with Crippen molar-refractivity contribution in [2.24, 2.45) is 5.73 Å². The van der Waals surface area contributed by atoms with Gasteiger partial charge in [-0.2, -0.15) is 0 Å². The molecule has 2 N–H and O–H groups in total. The molecule has 1 heterocycles. The molecule has 0 aromatic rings. The van der Waals surface area contributed by atoms with Gasteiger partial charge in [0.25, 0.3) is 0 Å². The molecule has 1 rings (SSSR count). The topological polar surface area (TPSA) is 64.8 Å². The molecule has 18 heavy (non-hydrogen) atoms. The van der Waals surface area contributed by atoms with Gasteiger partial charge in [-0.05, 0) is 34.1 Å². The smallest absolute Gasteiger partial charge is 0.325 e. The first-order chi connectivity index (χ1) is 8.27. The molecule has 1 unspecified atom stereocenters. The van der Waals surface area contributed by atoms with E-state index < -0.39 is 5.54 Å². The van der Waals surface area contributed by atoms with E-state index >= 15 is 0 Å². The van der Waals surface area contributed by atoms with Crippen LogP contribution >= 0.6 is 0 Å². The van der Waals surface area contributed by atoms with E-state index in [9.17, 15) is 4.79 Å². The van der Waals surface area contributed by atoms with Crippen molar-refractivity contribution in [3.63, 3.8) is 0 Å². The number of nitrogens with two attached hydrogens (primary N) is 1. The van der Waals surface area contributed by atoms with E-state index in [4.69, 9.17) is 15.2 Å². The molecular weight excluding hydrogens is 232 g/mol. The Morgan fingerprint density at radius 1 is 1.56 bits per heavy atom. The minimum absolute atomic E-state index is 0.118. The number of rotatable bonds is 5. The van der Waals surface area contributed by atoms with Gasteiger partial charge in [-0.15, -0.1) is 0 Å². The lowest BCUT2D eigenvalue weighted by Crippen LogP contribution is -2.52. The highest BCUT2D eigenvalue weighted by Gasteiger charge is 2.32. The van der Waals surface area contributed by atoms with Crippen molar-refractivity contribution in [2.45, 2.75) is 45.3 Å². The lowest BCUT2D eigenvalue weighted by Gasteiger charge is -2.39. The Balaban J connectivity index is 2.42. The summed E-state index contributed by atoms with van der Waals surface area (Å²) >= 11 is 0. The zero-order chi connectivity index (χ0) is 13.8. The summed E-state index contributed by atoms with van der Waals surface area (Å²) < 4.78 is 10.6. The molecule has 1 aliphatic rings. The fourth-order valence-corrected chi connectivity index (χ4v) is 2.09. The Kier molecular flexibility index (Phi) is 5.13. The summed E-state index contributed by atoms with van der Waals surface area (Å²) in [6, 6.07) is 0. The van der Waals surface area contributed by atoms with Crippen molar-refractivity contribution >= 4 is 5.97 Å². The molecule has 1 fully saturated rings. The van der Waals surface area contributed by atoms with Gasteiger partial charge < -0.3 is 15.2 Å². The Morgan fingerprint density at radius 2 is 2.22 bits per heavy atom. The predicted molar refractivity (Wildman–Crippen MR) is 70.3 cm³/mol. The maximum atomic E-state index is 11.7. The van der Waals surface area contributed by atoms with Crippen LogP contribution in [0.25, 0.3) is 0 Å². The molecule has 0 aliphatic carbocycles. The zero-order valence-electron chi connectivity index (χ0n) is 12.0. The van der Waals surface area contributed by atoms with Crippen molar-refractivity contribution in [2.75, 3.05) is 32.8 Å². The minimum Gasteiger partial charge on any atom is -0.465 e. The van der Waals surface area contributed by atoms with Gasteiger partial charge in [0.1, 0.15) is 5.54 Å². The van der Waals surface area contributed by atoms with Crippen LogP contribution in [0.3, 0.4) is 0 Å². The SMILES string of the molecule is CCOC(=O)C(C)(N)CCN1CCOC(C)(C)C1. The van der Waals surface area contributed by atoms with E-state index in [0.29, 0.717) is 13.0 Å². The lowest BCUT2D eigenvalue weighted by molar-refractivity contribution is -0.149. The fourth-order valence-electron chi connectivity index (χ4n) is 2.09. The second-order valence-corrected chi connectivity index (χ2v) is 5.77. The molecule has 1 atom stereocenters. The van der Waals surface area contributed by atoms with Gasteiger partial charge in [0.2, 0.25) is 0 Å². The minimum atomic E-state index is -0.904. The van der Waals surface area contributed by atoms with E-state index in [2.05, 4.69) is 18.7 Å². The van der Waals surface area contributed by atoms with Crippen LogP contribution in [0.2, 0.25) is 0 Å². The highest BCUT2D eigenvalue weighted by atomic mass is 16.5. The van der Waals surface area contributed by atoms with Gasteiger partial charge in [0.15, 0.2) is 0 Å². The van der Waals surface area contributed by atoms with Crippen molar-refractivity contribution in [1.82, 2.24) is 4.90 Å². The monoisotopic (exact) mass is 258 g/mol. The summed E-state index contributed by atoms with van der Waals surface area (Å²) in [6.45, 7) is 11.3. The predicted octanol–water partition coefficient (Wildman–Crippen LogP) is 0.768. The van der Waals surface area contributed by atoms with Crippen LogP contribution in [0.1, 0.15) is 34.1 Å². The zero-order valence-corrected chi connectivity index (χ0v) is 12.0. The lowest BCUT2D eigenvalue weighted by atomic mass is 9.98. The first-order valence-corrected chi connectivity index (χ1v) is 6.59. The molecule has 0 aromatic heterocycles. The molecule has 5 nitrogen and oxygen atoms in total. The summed E-state index contributed by atoms with van der Waals surface area (Å²) in [5.41, 5.74) is 4.98. The van der Waals surface area contributed by atoms with E-state index in [1.165, 1.54) is 0 Å². The molecule has 1 saturated heterocycles. The third-order valence-corrected chi connectivity index (χ3v) is 3.19. The first-order valence-electron chi connectivity index (χ1n) is 6.59. The Bertz CT molecular complexity index is 290. The summed E-state index contributed by atoms with van der Waals surface area (Å²) in [5, 5.41) is 0. The Labute approximate surface area is 110 Å². The van der Waals surface area contributed by atoms with Crippen LogP contribution < -0.4 is 5.73 Å². The first kappa shape index (κ1) is 15.4. The Morgan fingerprint density at radius 3 is 2.78 bits per heavy atom. The third kappa shape index (κ3) is 4.55. The molecule has 0 amide bonds. The average Bonchev–Trinajstić information content (AvgIpc) is 2.25. The van der Waals surface area contributed by atoms with E-state index in [-0.39, 0.29) is 11.6 Å². The van der Waals surface area contributed by atoms with Crippen LogP contribution in [-0.4, -0.2) is 54.9 Å². The van der Waals surface area contributed by atoms with Crippen molar-refractivity contribution in [1.29, 1.82) is 0 Å². The Hall–Kier alpha value is -0.650. The second-order valence-electron chi connectivity index (χ2n) is 5.77. The molecule has 0 bridgehead atoms. The summed E-state index contributed by atoms with van der Waals surface area (Å²) in [5.74, 6) is -0.322. The van der Waals surface area contributed by atoms with Crippen LogP contribution in [0, 0.1) is 0 Å². The highest BCUT2D eigenvalue weighted by molar-refractivity contribution is 5.79. The molecule has 0 radical (unpaired) electrons. The largest absolute Gasteiger partial charge is 0.465 e. The second kappa shape index (κ2) is 5.99. The highest BCUT2D eigenvalue weighted by Crippen LogP contribution is 2.18. The van der Waals surface area contributed by atoms with E-state index in [0.717, 1.165) is 26.2 Å². The van der Waals surface area contributed by atoms with Crippen LogP contribution in [0.5, 0.6) is 0 Å². The van der Waals surface area contributed by atoms with Gasteiger partial charge in [-0.3, -0.25) is 9.69 Å². The number of hydrogen-bond donors (Lipinski definition) is 1. The van der Waals surface area contributed by atoms with E-state index in [1.807, 2.05) is 0 Å². The summed E-state index contributed by atoms with van der Waals surface area (Å²) in [6.07, 6.45) is 0.599. The summed E-state index contributed by atoms with van der Waals surface area (Å²) in [4.78, 5) is 14.0. The molecule has 0 spiro atoms. The third-order valence-electron chi connectivity index (χ3n) is 3.19. The maximum absolute atomic E-state index is 11.7. The number of carbonyl (C=O) groups excluding carboxylic acids is 1. The molecule has 5 heteroatoms. The average molecular weight is 258 g/mol. The van der Waals surface area contributed by atoms with Crippen molar-refractivity contribution in [3.05, 3.63) is 0 Å². The normalized spacial score (nSPS) is 23.4. The van der Waals surface area contributed by atoms with E-state index in [1.54, 1.807) is 13.8 Å². The molecular formula is C13H26N2O3. The van der Waals surface area contributed by atoms with Crippen LogP contribution in [-0.2, 0) is 14.3 Å². The van der Waals surface area contributed by atoms with Gasteiger partial charge in [0, 0.05) is 19.6 Å². The number of nitrogens with zero attached hydrogens (tertiary/aromatic N) is 1.